The molecule has 0 saturated carbocycles. The molecule has 0 bridgehead atoms. The third kappa shape index (κ3) is 5.14. The fraction of sp³-hybridized carbons (Fsp3) is 0.278. The van der Waals surface area contributed by atoms with Crippen LogP contribution < -0.4 is 5.32 Å². The number of sulfone groups is 1. The van der Waals surface area contributed by atoms with E-state index < -0.39 is 9.84 Å². The molecule has 0 aliphatic rings. The minimum atomic E-state index is -3.21. The van der Waals surface area contributed by atoms with Gasteiger partial charge in [-0.05, 0) is 41.5 Å². The molecule has 0 aliphatic heterocycles. The summed E-state index contributed by atoms with van der Waals surface area (Å²) in [5.41, 5.74) is 2.27. The van der Waals surface area contributed by atoms with Crippen molar-refractivity contribution in [3.63, 3.8) is 0 Å². The van der Waals surface area contributed by atoms with Crippen molar-refractivity contribution >= 4 is 31.7 Å². The first-order valence-electron chi connectivity index (χ1n) is 7.74. The standard InChI is InChI=1S/C18H20BrNO4S/c1-3-25(22,23)16-7-4-13(5-8-16)11-20-18(21)14-6-9-17(19)15(10-14)12-24-2/h4-10H,3,11-12H2,1-2H3,(H,20,21). The summed E-state index contributed by atoms with van der Waals surface area (Å²) in [5.74, 6) is -0.133. The number of carbonyl (C=O) groups excluding carboxylic acids is 1. The fourth-order valence-corrected chi connectivity index (χ4v) is 3.49. The summed E-state index contributed by atoms with van der Waals surface area (Å²) >= 11 is 3.42. The van der Waals surface area contributed by atoms with Crippen molar-refractivity contribution in [2.45, 2.75) is 25.0 Å². The van der Waals surface area contributed by atoms with E-state index >= 15 is 0 Å². The molecule has 0 radical (unpaired) electrons. The molecule has 25 heavy (non-hydrogen) atoms. The molecule has 0 aromatic heterocycles. The predicted octanol–water partition coefficient (Wildman–Crippen LogP) is 3.32. The van der Waals surface area contributed by atoms with E-state index in [9.17, 15) is 13.2 Å². The van der Waals surface area contributed by atoms with Crippen molar-refractivity contribution in [2.75, 3.05) is 12.9 Å². The molecule has 7 heteroatoms. The maximum Gasteiger partial charge on any atom is 0.251 e. The van der Waals surface area contributed by atoms with E-state index in [4.69, 9.17) is 4.74 Å². The molecule has 0 spiro atoms. The second-order valence-electron chi connectivity index (χ2n) is 5.47. The van der Waals surface area contributed by atoms with Gasteiger partial charge < -0.3 is 10.1 Å². The average Bonchev–Trinajstić information content (AvgIpc) is 2.62. The maximum atomic E-state index is 12.3. The summed E-state index contributed by atoms with van der Waals surface area (Å²) in [6, 6.07) is 11.9. The Morgan fingerprint density at radius 1 is 1.16 bits per heavy atom. The first-order chi connectivity index (χ1) is 11.9. The first-order valence-corrected chi connectivity index (χ1v) is 10.2. The zero-order valence-corrected chi connectivity index (χ0v) is 16.5. The number of methoxy groups -OCH3 is 1. The van der Waals surface area contributed by atoms with Gasteiger partial charge in [-0.3, -0.25) is 4.79 Å². The van der Waals surface area contributed by atoms with Gasteiger partial charge in [-0.25, -0.2) is 8.42 Å². The van der Waals surface area contributed by atoms with Crippen LogP contribution in [0.1, 0.15) is 28.4 Å². The summed E-state index contributed by atoms with van der Waals surface area (Å²) in [7, 11) is -1.61. The van der Waals surface area contributed by atoms with Crippen LogP contribution in [0.2, 0.25) is 0 Å². The van der Waals surface area contributed by atoms with Crippen LogP contribution in [0.25, 0.3) is 0 Å². The summed E-state index contributed by atoms with van der Waals surface area (Å²) in [6.45, 7) is 2.34. The van der Waals surface area contributed by atoms with Crippen LogP contribution in [0.5, 0.6) is 0 Å². The van der Waals surface area contributed by atoms with Crippen LogP contribution in [0.15, 0.2) is 51.8 Å². The number of nitrogens with one attached hydrogen (secondary N) is 1. The Labute approximate surface area is 156 Å². The Balaban J connectivity index is 2.04. The smallest absolute Gasteiger partial charge is 0.251 e. The van der Waals surface area contributed by atoms with Crippen LogP contribution >= 0.6 is 15.9 Å². The monoisotopic (exact) mass is 425 g/mol. The van der Waals surface area contributed by atoms with Gasteiger partial charge in [-0.15, -0.1) is 0 Å². The van der Waals surface area contributed by atoms with Crippen molar-refractivity contribution < 1.29 is 17.9 Å². The van der Waals surface area contributed by atoms with Crippen molar-refractivity contribution in [1.29, 1.82) is 0 Å². The molecule has 0 heterocycles. The Kier molecular flexibility index (Phi) is 6.75. The second kappa shape index (κ2) is 8.60. The summed E-state index contributed by atoms with van der Waals surface area (Å²) in [6.07, 6.45) is 0. The summed E-state index contributed by atoms with van der Waals surface area (Å²) < 4.78 is 29.6. The molecule has 0 unspecified atom stereocenters. The quantitative estimate of drug-likeness (QED) is 0.738. The topological polar surface area (TPSA) is 72.5 Å². The van der Waals surface area contributed by atoms with Gasteiger partial charge in [0.25, 0.3) is 5.91 Å². The van der Waals surface area contributed by atoms with Gasteiger partial charge in [0, 0.05) is 23.7 Å². The van der Waals surface area contributed by atoms with E-state index in [0.29, 0.717) is 23.6 Å². The third-order valence-corrected chi connectivity index (χ3v) is 6.25. The lowest BCUT2D eigenvalue weighted by Gasteiger charge is -2.09. The molecular weight excluding hydrogens is 406 g/mol. The highest BCUT2D eigenvalue weighted by atomic mass is 79.9. The van der Waals surface area contributed by atoms with Crippen LogP contribution in [-0.4, -0.2) is 27.2 Å². The minimum Gasteiger partial charge on any atom is -0.380 e. The highest BCUT2D eigenvalue weighted by Crippen LogP contribution is 2.19. The molecule has 0 saturated heterocycles. The van der Waals surface area contributed by atoms with E-state index in [0.717, 1.165) is 15.6 Å². The Morgan fingerprint density at radius 3 is 2.44 bits per heavy atom. The predicted molar refractivity (Wildman–Crippen MR) is 100 cm³/mol. The van der Waals surface area contributed by atoms with E-state index in [2.05, 4.69) is 21.2 Å². The zero-order chi connectivity index (χ0) is 18.4. The molecule has 134 valence electrons. The Morgan fingerprint density at radius 2 is 1.84 bits per heavy atom. The van der Waals surface area contributed by atoms with Crippen molar-refractivity contribution in [2.24, 2.45) is 0 Å². The van der Waals surface area contributed by atoms with Gasteiger partial charge in [0.05, 0.1) is 17.3 Å². The SMILES string of the molecule is CCS(=O)(=O)c1ccc(CNC(=O)c2ccc(Br)c(COC)c2)cc1. The van der Waals surface area contributed by atoms with Crippen LogP contribution in [0, 0.1) is 0 Å². The highest BCUT2D eigenvalue weighted by molar-refractivity contribution is 9.10. The number of rotatable bonds is 7. The number of hydrogen-bond acceptors (Lipinski definition) is 4. The molecule has 2 rings (SSSR count). The average molecular weight is 426 g/mol. The Hall–Kier alpha value is -1.70. The normalized spacial score (nSPS) is 11.3. The zero-order valence-electron chi connectivity index (χ0n) is 14.1. The molecule has 2 aromatic rings. The largest absolute Gasteiger partial charge is 0.380 e. The van der Waals surface area contributed by atoms with Crippen molar-refractivity contribution in [3.05, 3.63) is 63.6 Å². The number of benzene rings is 2. The number of carbonyl (C=O) groups is 1. The van der Waals surface area contributed by atoms with Crippen molar-refractivity contribution in [1.82, 2.24) is 5.32 Å². The molecule has 0 fully saturated rings. The van der Waals surface area contributed by atoms with E-state index in [1.807, 2.05) is 6.07 Å². The van der Waals surface area contributed by atoms with Gasteiger partial charge in [-0.1, -0.05) is 35.0 Å². The number of amides is 1. The molecule has 1 N–H and O–H groups in total. The van der Waals surface area contributed by atoms with Gasteiger partial charge >= 0.3 is 0 Å². The van der Waals surface area contributed by atoms with Crippen LogP contribution in [0.3, 0.4) is 0 Å². The lowest BCUT2D eigenvalue weighted by Crippen LogP contribution is -2.23. The van der Waals surface area contributed by atoms with Gasteiger partial charge in [-0.2, -0.15) is 0 Å². The van der Waals surface area contributed by atoms with Crippen LogP contribution in [0.4, 0.5) is 0 Å². The summed E-state index contributed by atoms with van der Waals surface area (Å²) in [4.78, 5) is 12.6. The molecular formula is C18H20BrNO4S. The maximum absolute atomic E-state index is 12.3. The van der Waals surface area contributed by atoms with Gasteiger partial charge in [0.1, 0.15) is 0 Å². The van der Waals surface area contributed by atoms with E-state index in [-0.39, 0.29) is 11.7 Å². The second-order valence-corrected chi connectivity index (χ2v) is 8.60. The number of hydrogen-bond donors (Lipinski definition) is 1. The first kappa shape index (κ1) is 19.6. The van der Waals surface area contributed by atoms with Gasteiger partial charge in [0.15, 0.2) is 9.84 Å². The van der Waals surface area contributed by atoms with Crippen LogP contribution in [-0.2, 0) is 27.7 Å². The lowest BCUT2D eigenvalue weighted by atomic mass is 10.1. The Bertz CT molecular complexity index is 848. The number of halogens is 1. The van der Waals surface area contributed by atoms with E-state index in [1.54, 1.807) is 50.4 Å². The minimum absolute atomic E-state index is 0.0659. The molecule has 0 aliphatic carbocycles. The molecule has 5 nitrogen and oxygen atoms in total. The van der Waals surface area contributed by atoms with Gasteiger partial charge in [0.2, 0.25) is 0 Å². The van der Waals surface area contributed by atoms with E-state index in [1.165, 1.54) is 0 Å². The lowest BCUT2D eigenvalue weighted by molar-refractivity contribution is 0.0950. The third-order valence-electron chi connectivity index (χ3n) is 3.72. The van der Waals surface area contributed by atoms with Crippen molar-refractivity contribution in [3.8, 4) is 0 Å². The summed E-state index contributed by atoms with van der Waals surface area (Å²) in [5, 5.41) is 2.83. The highest BCUT2D eigenvalue weighted by Gasteiger charge is 2.12. The number of ether oxygens (including phenoxy) is 1. The molecule has 0 atom stereocenters. The molecule has 1 amide bonds. The fourth-order valence-electron chi connectivity index (χ4n) is 2.25. The molecule has 2 aromatic carbocycles.